The van der Waals surface area contributed by atoms with Crippen LogP contribution < -0.4 is 5.32 Å². The number of piperidine rings is 1. The smallest absolute Gasteiger partial charge is 0.236 e. The predicted octanol–water partition coefficient (Wildman–Crippen LogP) is 2.81. The van der Waals surface area contributed by atoms with Crippen molar-refractivity contribution in [2.75, 3.05) is 26.7 Å². The van der Waals surface area contributed by atoms with Gasteiger partial charge in [0.1, 0.15) is 0 Å². The normalized spacial score (nSPS) is 15.6. The van der Waals surface area contributed by atoms with Crippen molar-refractivity contribution in [1.29, 1.82) is 0 Å². The van der Waals surface area contributed by atoms with E-state index in [2.05, 4.69) is 36.5 Å². The lowest BCUT2D eigenvalue weighted by Gasteiger charge is -2.32. The van der Waals surface area contributed by atoms with Crippen LogP contribution in [0.25, 0.3) is 0 Å². The number of nitrogens with zero attached hydrogens (tertiary/aromatic N) is 1. The van der Waals surface area contributed by atoms with Gasteiger partial charge in [0.15, 0.2) is 0 Å². The fourth-order valence-corrected chi connectivity index (χ4v) is 2.86. The molecule has 21 heavy (non-hydrogen) atoms. The molecule has 118 valence electrons. The van der Waals surface area contributed by atoms with E-state index in [1.165, 1.54) is 17.5 Å². The Balaban J connectivity index is 0.00000220. The second kappa shape index (κ2) is 9.06. The number of amides is 1. The topological polar surface area (TPSA) is 32.3 Å². The molecule has 1 aromatic rings. The maximum atomic E-state index is 11.8. The molecular weight excluding hydrogens is 284 g/mol. The molecule has 0 atom stereocenters. The Morgan fingerprint density at radius 2 is 1.86 bits per heavy atom. The van der Waals surface area contributed by atoms with Gasteiger partial charge in [0, 0.05) is 13.1 Å². The molecule has 0 aromatic heterocycles. The molecule has 0 radical (unpaired) electrons. The third-order valence-electron chi connectivity index (χ3n) is 4.26. The van der Waals surface area contributed by atoms with Gasteiger partial charge in [-0.1, -0.05) is 29.8 Å². The Morgan fingerprint density at radius 3 is 2.43 bits per heavy atom. The Morgan fingerprint density at radius 1 is 1.24 bits per heavy atom. The van der Waals surface area contributed by atoms with Crippen molar-refractivity contribution in [2.45, 2.75) is 32.6 Å². The molecule has 0 saturated carbocycles. The Hall–Kier alpha value is -1.06. The summed E-state index contributed by atoms with van der Waals surface area (Å²) in [4.78, 5) is 13.8. The van der Waals surface area contributed by atoms with E-state index >= 15 is 0 Å². The highest BCUT2D eigenvalue weighted by atomic mass is 35.5. The van der Waals surface area contributed by atoms with Crippen molar-refractivity contribution in [3.05, 3.63) is 35.4 Å². The molecular formula is C17H27ClN2O. The number of aryl methyl sites for hydroxylation is 2. The van der Waals surface area contributed by atoms with E-state index in [-0.39, 0.29) is 18.3 Å². The fourth-order valence-electron chi connectivity index (χ4n) is 2.86. The second-order valence-corrected chi connectivity index (χ2v) is 5.88. The Kier molecular flexibility index (Phi) is 7.76. The van der Waals surface area contributed by atoms with Gasteiger partial charge in [0.25, 0.3) is 0 Å². The minimum absolute atomic E-state index is 0. The molecule has 1 fully saturated rings. The maximum Gasteiger partial charge on any atom is 0.236 e. The van der Waals surface area contributed by atoms with E-state index in [0.29, 0.717) is 6.54 Å². The number of likely N-dealkylation sites (N-methyl/N-ethyl adjacent to an activating group) is 1. The van der Waals surface area contributed by atoms with Gasteiger partial charge in [-0.3, -0.25) is 4.79 Å². The number of hydrogen-bond donors (Lipinski definition) is 1. The summed E-state index contributed by atoms with van der Waals surface area (Å²) in [5, 5.41) is 2.94. The fraction of sp³-hybridized carbons (Fsp3) is 0.588. The van der Waals surface area contributed by atoms with Crippen molar-refractivity contribution in [2.24, 2.45) is 5.92 Å². The monoisotopic (exact) mass is 310 g/mol. The van der Waals surface area contributed by atoms with Gasteiger partial charge in [-0.2, -0.15) is 0 Å². The Labute approximate surface area is 134 Å². The van der Waals surface area contributed by atoms with Crippen LogP contribution in [0.1, 0.15) is 30.4 Å². The summed E-state index contributed by atoms with van der Waals surface area (Å²) >= 11 is 0. The molecule has 4 heteroatoms. The molecule has 1 heterocycles. The number of nitrogens with one attached hydrogen (secondary N) is 1. The average molecular weight is 311 g/mol. The maximum absolute atomic E-state index is 11.8. The van der Waals surface area contributed by atoms with Crippen LogP contribution in [-0.2, 0) is 11.2 Å². The first-order chi connectivity index (χ1) is 9.69. The van der Waals surface area contributed by atoms with Gasteiger partial charge in [-0.05, 0) is 51.1 Å². The van der Waals surface area contributed by atoms with Crippen LogP contribution in [0.5, 0.6) is 0 Å². The van der Waals surface area contributed by atoms with Crippen molar-refractivity contribution in [3.8, 4) is 0 Å². The molecule has 0 aliphatic carbocycles. The third-order valence-corrected chi connectivity index (χ3v) is 4.26. The molecule has 0 unspecified atom stereocenters. The van der Waals surface area contributed by atoms with E-state index in [1.807, 2.05) is 11.9 Å². The first-order valence-electron chi connectivity index (χ1n) is 7.67. The van der Waals surface area contributed by atoms with Crippen LogP contribution in [0.15, 0.2) is 24.3 Å². The van der Waals surface area contributed by atoms with Crippen LogP contribution >= 0.6 is 12.4 Å². The predicted molar refractivity (Wildman–Crippen MR) is 90.0 cm³/mol. The van der Waals surface area contributed by atoms with Gasteiger partial charge >= 0.3 is 0 Å². The number of hydrogen-bond acceptors (Lipinski definition) is 2. The highest BCUT2D eigenvalue weighted by Crippen LogP contribution is 2.22. The van der Waals surface area contributed by atoms with Gasteiger partial charge in [0.2, 0.25) is 5.91 Å². The number of halogens is 1. The molecule has 1 aliphatic heterocycles. The first kappa shape index (κ1) is 18.0. The van der Waals surface area contributed by atoms with Gasteiger partial charge < -0.3 is 10.2 Å². The van der Waals surface area contributed by atoms with E-state index in [4.69, 9.17) is 0 Å². The summed E-state index contributed by atoms with van der Waals surface area (Å²) in [7, 11) is 1.83. The molecule has 1 N–H and O–H groups in total. The number of likely N-dealkylation sites (tertiary alicyclic amines) is 1. The molecule has 1 amide bonds. The second-order valence-electron chi connectivity index (χ2n) is 5.88. The molecule has 3 nitrogen and oxygen atoms in total. The van der Waals surface area contributed by atoms with Crippen LogP contribution in [0.2, 0.25) is 0 Å². The van der Waals surface area contributed by atoms with E-state index < -0.39 is 0 Å². The number of carbonyl (C=O) groups is 1. The molecule has 0 bridgehead atoms. The van der Waals surface area contributed by atoms with Crippen molar-refractivity contribution >= 4 is 18.3 Å². The quantitative estimate of drug-likeness (QED) is 0.907. The van der Waals surface area contributed by atoms with Crippen LogP contribution in [0.3, 0.4) is 0 Å². The van der Waals surface area contributed by atoms with Crippen molar-refractivity contribution in [1.82, 2.24) is 10.2 Å². The molecule has 0 spiro atoms. The number of rotatable bonds is 5. The summed E-state index contributed by atoms with van der Waals surface area (Å²) in [5.41, 5.74) is 2.76. The van der Waals surface area contributed by atoms with Crippen molar-refractivity contribution in [3.63, 3.8) is 0 Å². The minimum Gasteiger partial charge on any atom is -0.342 e. The van der Waals surface area contributed by atoms with Crippen LogP contribution in [0.4, 0.5) is 0 Å². The lowest BCUT2D eigenvalue weighted by molar-refractivity contribution is -0.131. The largest absolute Gasteiger partial charge is 0.342 e. The summed E-state index contributed by atoms with van der Waals surface area (Å²) in [6.07, 6.45) is 4.72. The van der Waals surface area contributed by atoms with Gasteiger partial charge in [0.05, 0.1) is 6.54 Å². The lowest BCUT2D eigenvalue weighted by Crippen LogP contribution is -2.42. The number of carbonyl (C=O) groups excluding carboxylic acids is 1. The number of benzene rings is 1. The molecule has 1 saturated heterocycles. The minimum atomic E-state index is 0. The standard InChI is InChI=1S/C17H26N2O.ClH/c1-14-3-5-15(6-4-14)7-8-16-9-11-19(12-10-16)17(20)13-18-2;/h3-6,16,18H,7-13H2,1-2H3;1H. The van der Waals surface area contributed by atoms with E-state index in [9.17, 15) is 4.79 Å². The van der Waals surface area contributed by atoms with Crippen LogP contribution in [0, 0.1) is 12.8 Å². The SMILES string of the molecule is CNCC(=O)N1CCC(CCc2ccc(C)cc2)CC1.Cl. The Bertz CT molecular complexity index is 425. The van der Waals surface area contributed by atoms with E-state index in [1.54, 1.807) is 0 Å². The molecule has 1 aromatic carbocycles. The van der Waals surface area contributed by atoms with Crippen molar-refractivity contribution < 1.29 is 4.79 Å². The zero-order valence-corrected chi connectivity index (χ0v) is 13.9. The van der Waals surface area contributed by atoms with Gasteiger partial charge in [-0.15, -0.1) is 12.4 Å². The zero-order valence-electron chi connectivity index (χ0n) is 13.1. The molecule has 2 rings (SSSR count). The lowest BCUT2D eigenvalue weighted by atomic mass is 9.90. The van der Waals surface area contributed by atoms with Gasteiger partial charge in [-0.25, -0.2) is 0 Å². The zero-order chi connectivity index (χ0) is 14.4. The van der Waals surface area contributed by atoms with E-state index in [0.717, 1.165) is 38.3 Å². The highest BCUT2D eigenvalue weighted by Gasteiger charge is 2.21. The summed E-state index contributed by atoms with van der Waals surface area (Å²) in [6.45, 7) is 4.45. The summed E-state index contributed by atoms with van der Waals surface area (Å²) < 4.78 is 0. The first-order valence-corrected chi connectivity index (χ1v) is 7.67. The summed E-state index contributed by atoms with van der Waals surface area (Å²) in [6, 6.07) is 8.85. The molecule has 1 aliphatic rings. The van der Waals surface area contributed by atoms with Crippen LogP contribution in [-0.4, -0.2) is 37.5 Å². The summed E-state index contributed by atoms with van der Waals surface area (Å²) in [5.74, 6) is 1.01. The third kappa shape index (κ3) is 5.68. The average Bonchev–Trinajstić information content (AvgIpc) is 2.47. The highest BCUT2D eigenvalue weighted by molar-refractivity contribution is 5.85.